The zero-order valence-electron chi connectivity index (χ0n) is 23.4. The molecule has 1 atom stereocenters. The van der Waals surface area contributed by atoms with Gasteiger partial charge in [-0.25, -0.2) is 22.2 Å². The van der Waals surface area contributed by atoms with Crippen LogP contribution in [0.4, 0.5) is 13.2 Å². The Labute approximate surface area is 266 Å². The average molecular weight is 657 g/mol. The van der Waals surface area contributed by atoms with Crippen LogP contribution in [0.5, 0.6) is 0 Å². The third-order valence-corrected chi connectivity index (χ3v) is 9.34. The van der Waals surface area contributed by atoms with Crippen molar-refractivity contribution in [2.24, 2.45) is 0 Å². The molecule has 228 valence electrons. The van der Waals surface area contributed by atoms with Crippen LogP contribution in [0.25, 0.3) is 50.2 Å². The summed E-state index contributed by atoms with van der Waals surface area (Å²) in [5.74, 6) is -1.63. The first kappa shape index (κ1) is 29.5. The van der Waals surface area contributed by atoms with Crippen molar-refractivity contribution in [1.29, 1.82) is 0 Å². The molecule has 0 fully saturated rings. The minimum absolute atomic E-state index is 0.0321. The predicted octanol–water partition coefficient (Wildman–Crippen LogP) is 8.68. The molecule has 3 aromatic heterocycles. The van der Waals surface area contributed by atoms with Crippen LogP contribution in [0.3, 0.4) is 0 Å². The van der Waals surface area contributed by atoms with Crippen LogP contribution in [0, 0.1) is 5.82 Å². The molecule has 7 aromatic rings. The fourth-order valence-electron chi connectivity index (χ4n) is 5.53. The third kappa shape index (κ3) is 5.03. The molecule has 0 saturated heterocycles. The van der Waals surface area contributed by atoms with E-state index >= 15 is 0 Å². The summed E-state index contributed by atoms with van der Waals surface area (Å²) in [5.41, 5.74) is 4.13. The molecule has 1 unspecified atom stereocenters. The molecular weight excluding hydrogens is 637 g/mol. The van der Waals surface area contributed by atoms with Crippen LogP contribution in [0.1, 0.15) is 22.3 Å². The first-order valence-electron chi connectivity index (χ1n) is 13.8. The maximum atomic E-state index is 14.9. The Balaban J connectivity index is 1.54. The highest BCUT2D eigenvalue weighted by Gasteiger charge is 2.26. The number of carboxylic acids is 1. The number of hydrogen-bond donors (Lipinski definition) is 1. The van der Waals surface area contributed by atoms with Crippen molar-refractivity contribution in [3.63, 3.8) is 0 Å². The van der Waals surface area contributed by atoms with Crippen molar-refractivity contribution < 1.29 is 27.3 Å². The first-order chi connectivity index (χ1) is 22.2. The molecule has 0 radical (unpaired) electrons. The van der Waals surface area contributed by atoms with Crippen LogP contribution in [-0.2, 0) is 11.0 Å². The predicted molar refractivity (Wildman–Crippen MR) is 170 cm³/mol. The summed E-state index contributed by atoms with van der Waals surface area (Å²) < 4.78 is 59.4. The minimum Gasteiger partial charge on any atom is -0.478 e. The van der Waals surface area contributed by atoms with Crippen molar-refractivity contribution in [2.75, 3.05) is 0 Å². The van der Waals surface area contributed by atoms with Gasteiger partial charge in [0, 0.05) is 32.7 Å². The summed E-state index contributed by atoms with van der Waals surface area (Å²) in [6, 6.07) is 26.4. The molecule has 0 aliphatic heterocycles. The van der Waals surface area contributed by atoms with Gasteiger partial charge in [-0.1, -0.05) is 54.1 Å². The number of pyridine rings is 1. The third-order valence-electron chi connectivity index (χ3n) is 7.64. The molecule has 0 amide bonds. The lowest BCUT2D eigenvalue weighted by Crippen LogP contribution is -2.07. The molecule has 0 saturated carbocycles. The van der Waals surface area contributed by atoms with Gasteiger partial charge >= 0.3 is 5.97 Å². The number of hydrogen-bond acceptors (Lipinski definition) is 4. The van der Waals surface area contributed by atoms with Crippen molar-refractivity contribution in [1.82, 2.24) is 18.6 Å². The molecule has 7 rings (SSSR count). The lowest BCUT2D eigenvalue weighted by Gasteiger charge is -2.15. The van der Waals surface area contributed by atoms with Gasteiger partial charge in [-0.05, 0) is 66.2 Å². The van der Waals surface area contributed by atoms with Gasteiger partial charge in [0.2, 0.25) is 0 Å². The number of aromatic nitrogens is 4. The fraction of sp³-hybridized carbons (Fsp3) is 0.0294. The molecule has 12 heteroatoms. The Morgan fingerprint density at radius 1 is 0.891 bits per heavy atom. The summed E-state index contributed by atoms with van der Waals surface area (Å²) in [5, 5.41) is 18.3. The highest BCUT2D eigenvalue weighted by Crippen LogP contribution is 2.44. The van der Waals surface area contributed by atoms with E-state index in [1.807, 2.05) is 12.1 Å². The fourth-order valence-corrected chi connectivity index (χ4v) is 7.10. The Morgan fingerprint density at radius 2 is 1.65 bits per heavy atom. The lowest BCUT2D eigenvalue weighted by molar-refractivity contribution is 0.0697. The summed E-state index contributed by atoms with van der Waals surface area (Å²) in [7, 11) is -1.98. The molecule has 0 aliphatic rings. The maximum Gasteiger partial charge on any atom is 0.335 e. The molecule has 0 aliphatic carbocycles. The number of rotatable bonds is 7. The van der Waals surface area contributed by atoms with Crippen molar-refractivity contribution >= 4 is 45.1 Å². The second-order valence-electron chi connectivity index (χ2n) is 10.3. The molecule has 3 heterocycles. The summed E-state index contributed by atoms with van der Waals surface area (Å²) in [4.78, 5) is 11.8. The van der Waals surface area contributed by atoms with Gasteiger partial charge in [-0.2, -0.15) is 0 Å². The Morgan fingerprint density at radius 3 is 2.39 bits per heavy atom. The molecule has 4 aromatic carbocycles. The van der Waals surface area contributed by atoms with E-state index in [0.29, 0.717) is 50.2 Å². The Hall–Kier alpha value is -5.26. The van der Waals surface area contributed by atoms with Gasteiger partial charge < -0.3 is 5.11 Å². The molecular formula is C34H20ClF3N4O3S. The van der Waals surface area contributed by atoms with Crippen LogP contribution in [0.2, 0.25) is 5.02 Å². The zero-order valence-corrected chi connectivity index (χ0v) is 25.0. The number of aromatic carboxylic acids is 1. The van der Waals surface area contributed by atoms with Gasteiger partial charge in [-0.3, -0.25) is 8.37 Å². The van der Waals surface area contributed by atoms with Crippen molar-refractivity contribution in [2.45, 2.75) is 11.3 Å². The van der Waals surface area contributed by atoms with Gasteiger partial charge in [0.15, 0.2) is 16.6 Å². The van der Waals surface area contributed by atoms with E-state index in [-0.39, 0.29) is 21.0 Å². The van der Waals surface area contributed by atoms with Gasteiger partial charge in [0.05, 0.1) is 27.4 Å². The first-order valence-corrected chi connectivity index (χ1v) is 15.3. The van der Waals surface area contributed by atoms with E-state index in [0.717, 1.165) is 0 Å². The quantitative estimate of drug-likeness (QED) is 0.185. The largest absolute Gasteiger partial charge is 0.478 e. The summed E-state index contributed by atoms with van der Waals surface area (Å²) in [6.07, 6.45) is -1.17. The summed E-state index contributed by atoms with van der Waals surface area (Å²) >= 11 is 6.54. The van der Waals surface area contributed by atoms with Crippen molar-refractivity contribution in [3.05, 3.63) is 131 Å². The van der Waals surface area contributed by atoms with Gasteiger partial charge in [-0.15, -0.1) is 10.2 Å². The molecule has 0 spiro atoms. The number of alkyl halides is 2. The lowest BCUT2D eigenvalue weighted by atomic mass is 9.97. The number of fused-ring (bicyclic) bond motifs is 2. The highest BCUT2D eigenvalue weighted by molar-refractivity contribution is 7.83. The average Bonchev–Trinajstić information content (AvgIpc) is 3.67. The minimum atomic E-state index is -2.69. The highest BCUT2D eigenvalue weighted by atomic mass is 35.5. The molecule has 46 heavy (non-hydrogen) atoms. The number of nitrogens with zero attached hydrogens (tertiary/aromatic N) is 4. The van der Waals surface area contributed by atoms with E-state index < -0.39 is 29.2 Å². The smallest absolute Gasteiger partial charge is 0.335 e. The van der Waals surface area contributed by atoms with E-state index in [1.54, 1.807) is 44.8 Å². The number of carbonyl (C=O) groups is 1. The normalized spacial score (nSPS) is 12.3. The molecule has 1 N–H and O–H groups in total. The van der Waals surface area contributed by atoms with E-state index in [9.17, 15) is 27.3 Å². The number of benzene rings is 4. The van der Waals surface area contributed by atoms with E-state index in [1.165, 1.54) is 60.9 Å². The monoisotopic (exact) mass is 656 g/mol. The SMILES string of the molecule is O=C(O)c1ccc(-c2cccc(-c3c(-c4cccc5nncn45)c4cc(F)ccc4n3S(=O)c3ccc(C(F)F)cc3)c2)c(Cl)c1. The Kier molecular flexibility index (Phi) is 7.42. The van der Waals surface area contributed by atoms with Gasteiger partial charge in [0.1, 0.15) is 12.1 Å². The van der Waals surface area contributed by atoms with Crippen molar-refractivity contribution in [3.8, 4) is 33.6 Å². The van der Waals surface area contributed by atoms with Crippen LogP contribution >= 0.6 is 11.6 Å². The topological polar surface area (TPSA) is 89.5 Å². The van der Waals surface area contributed by atoms with Crippen LogP contribution in [-0.4, -0.2) is 33.9 Å². The second kappa shape index (κ2) is 11.6. The Bertz CT molecular complexity index is 2340. The van der Waals surface area contributed by atoms with Crippen LogP contribution in [0.15, 0.2) is 114 Å². The second-order valence-corrected chi connectivity index (χ2v) is 12.1. The standard InChI is InChI=1S/C34H20ClF3N4O3S/c35-27-16-22(34(43)44)9-13-25(27)20-3-1-4-21(15-20)32-31(29-5-2-6-30-40-39-18-41(29)30)26-17-23(36)10-14-28(26)42(32)46(45)24-11-7-19(8-12-24)33(37)38/h1-18,33H,(H,43,44). The number of halogens is 4. The maximum absolute atomic E-state index is 14.9. The summed E-state index contributed by atoms with van der Waals surface area (Å²) in [6.45, 7) is 0. The number of carboxylic acid groups (broad SMARTS) is 1. The van der Waals surface area contributed by atoms with E-state index in [4.69, 9.17) is 11.6 Å². The zero-order chi connectivity index (χ0) is 32.1. The molecule has 0 bridgehead atoms. The van der Waals surface area contributed by atoms with Crippen LogP contribution < -0.4 is 0 Å². The van der Waals surface area contributed by atoms with Gasteiger partial charge in [0.25, 0.3) is 6.43 Å². The van der Waals surface area contributed by atoms with E-state index in [2.05, 4.69) is 10.2 Å². The molecule has 7 nitrogen and oxygen atoms in total.